The molecule has 102 valence electrons. The van der Waals surface area contributed by atoms with Crippen LogP contribution in [-0.4, -0.2) is 24.0 Å². The lowest BCUT2D eigenvalue weighted by Gasteiger charge is -2.08. The Morgan fingerprint density at radius 2 is 2.05 bits per heavy atom. The molecular formula is C13H17N3O2S. The number of aromatic nitrogens is 2. The van der Waals surface area contributed by atoms with E-state index < -0.39 is 9.84 Å². The van der Waals surface area contributed by atoms with E-state index in [1.54, 1.807) is 43.0 Å². The molecule has 2 N–H and O–H groups in total. The largest absolute Gasteiger partial charge is 0.399 e. The van der Waals surface area contributed by atoms with Crippen molar-refractivity contribution < 1.29 is 8.42 Å². The van der Waals surface area contributed by atoms with Crippen LogP contribution in [0.2, 0.25) is 0 Å². The first-order chi connectivity index (χ1) is 8.90. The minimum Gasteiger partial charge on any atom is -0.399 e. The van der Waals surface area contributed by atoms with Crippen molar-refractivity contribution in [3.8, 4) is 0 Å². The topological polar surface area (TPSA) is 78.0 Å². The number of anilines is 1. The molecule has 5 nitrogen and oxygen atoms in total. The van der Waals surface area contributed by atoms with Gasteiger partial charge in [0.25, 0.3) is 0 Å². The first-order valence-electron chi connectivity index (χ1n) is 5.96. The number of benzene rings is 1. The number of nitrogens with zero attached hydrogens (tertiary/aromatic N) is 2. The summed E-state index contributed by atoms with van der Waals surface area (Å²) >= 11 is 0. The molecule has 6 heteroatoms. The van der Waals surface area contributed by atoms with Crippen LogP contribution in [-0.2, 0) is 23.3 Å². The van der Waals surface area contributed by atoms with Crippen LogP contribution in [0.1, 0.15) is 11.3 Å². The highest BCUT2D eigenvalue weighted by atomic mass is 32.2. The molecule has 0 aliphatic heterocycles. The summed E-state index contributed by atoms with van der Waals surface area (Å²) in [6, 6.07) is 6.69. The molecule has 0 amide bonds. The van der Waals surface area contributed by atoms with Crippen LogP contribution >= 0.6 is 0 Å². The van der Waals surface area contributed by atoms with Crippen LogP contribution in [0.3, 0.4) is 0 Å². The van der Waals surface area contributed by atoms with Gasteiger partial charge in [0.2, 0.25) is 0 Å². The van der Waals surface area contributed by atoms with Gasteiger partial charge in [-0.25, -0.2) is 8.42 Å². The van der Waals surface area contributed by atoms with Gasteiger partial charge in [-0.3, -0.25) is 4.68 Å². The van der Waals surface area contributed by atoms with E-state index in [9.17, 15) is 8.42 Å². The number of aryl methyl sites for hydroxylation is 3. The molecule has 0 saturated carbocycles. The maximum absolute atomic E-state index is 12.3. The molecule has 2 rings (SSSR count). The van der Waals surface area contributed by atoms with E-state index in [2.05, 4.69) is 5.10 Å². The van der Waals surface area contributed by atoms with Gasteiger partial charge in [-0.1, -0.05) is 0 Å². The van der Waals surface area contributed by atoms with Gasteiger partial charge in [-0.05, 0) is 36.8 Å². The maximum atomic E-state index is 12.3. The normalized spacial score (nSPS) is 11.7. The van der Waals surface area contributed by atoms with Crippen molar-refractivity contribution in [2.24, 2.45) is 7.05 Å². The molecule has 0 saturated heterocycles. The summed E-state index contributed by atoms with van der Waals surface area (Å²) in [5, 5.41) is 4.02. The summed E-state index contributed by atoms with van der Waals surface area (Å²) in [7, 11) is -1.50. The number of nitrogens with two attached hydrogens (primary N) is 1. The quantitative estimate of drug-likeness (QED) is 0.856. The second-order valence-electron chi connectivity index (χ2n) is 4.54. The Morgan fingerprint density at radius 3 is 2.63 bits per heavy atom. The molecule has 0 bridgehead atoms. The van der Waals surface area contributed by atoms with E-state index in [0.717, 1.165) is 5.69 Å². The predicted octanol–water partition coefficient (Wildman–Crippen LogP) is 1.33. The molecule has 0 atom stereocenters. The lowest BCUT2D eigenvalue weighted by atomic mass is 10.2. The number of sulfone groups is 1. The number of hydrogen-bond acceptors (Lipinski definition) is 4. The molecule has 0 fully saturated rings. The molecule has 2 aromatic rings. The van der Waals surface area contributed by atoms with E-state index in [1.165, 1.54) is 0 Å². The molecule has 1 aromatic heterocycles. The Hall–Kier alpha value is -1.82. The van der Waals surface area contributed by atoms with Gasteiger partial charge in [-0.15, -0.1) is 0 Å². The smallest absolute Gasteiger partial charge is 0.179 e. The van der Waals surface area contributed by atoms with E-state index in [4.69, 9.17) is 5.73 Å². The third kappa shape index (κ3) is 2.96. The summed E-state index contributed by atoms with van der Waals surface area (Å²) in [6.45, 7) is 1.76. The van der Waals surface area contributed by atoms with Crippen LogP contribution < -0.4 is 5.73 Å². The second kappa shape index (κ2) is 5.05. The monoisotopic (exact) mass is 279 g/mol. The van der Waals surface area contributed by atoms with Gasteiger partial charge < -0.3 is 5.73 Å². The zero-order valence-corrected chi connectivity index (χ0v) is 11.8. The third-order valence-electron chi connectivity index (χ3n) is 3.08. The predicted molar refractivity (Wildman–Crippen MR) is 74.6 cm³/mol. The van der Waals surface area contributed by atoms with E-state index >= 15 is 0 Å². The van der Waals surface area contributed by atoms with Crippen LogP contribution in [0.15, 0.2) is 35.4 Å². The zero-order chi connectivity index (χ0) is 14.0. The van der Waals surface area contributed by atoms with Crippen molar-refractivity contribution >= 4 is 15.5 Å². The highest BCUT2D eigenvalue weighted by Crippen LogP contribution is 2.20. The Bertz CT molecular complexity index is 690. The first-order valence-corrected chi connectivity index (χ1v) is 7.61. The summed E-state index contributed by atoms with van der Waals surface area (Å²) in [5.41, 5.74) is 7.79. The van der Waals surface area contributed by atoms with Crippen molar-refractivity contribution in [3.63, 3.8) is 0 Å². The average molecular weight is 279 g/mol. The average Bonchev–Trinajstić information content (AvgIpc) is 2.72. The van der Waals surface area contributed by atoms with Crippen molar-refractivity contribution in [2.75, 3.05) is 11.5 Å². The number of nitrogen functional groups attached to an aromatic ring is 1. The fourth-order valence-electron chi connectivity index (χ4n) is 2.02. The molecule has 0 aliphatic carbocycles. The van der Waals surface area contributed by atoms with Crippen molar-refractivity contribution in [2.45, 2.75) is 18.2 Å². The minimum absolute atomic E-state index is 0.0668. The van der Waals surface area contributed by atoms with Gasteiger partial charge in [0, 0.05) is 31.0 Å². The third-order valence-corrected chi connectivity index (χ3v) is 4.95. The Labute approximate surface area is 113 Å². The van der Waals surface area contributed by atoms with Gasteiger partial charge in [0.05, 0.1) is 10.6 Å². The van der Waals surface area contributed by atoms with Crippen molar-refractivity contribution in [1.82, 2.24) is 9.78 Å². The lowest BCUT2D eigenvalue weighted by Crippen LogP contribution is -2.12. The van der Waals surface area contributed by atoms with Crippen molar-refractivity contribution in [1.29, 1.82) is 0 Å². The van der Waals surface area contributed by atoms with E-state index in [-0.39, 0.29) is 5.75 Å². The summed E-state index contributed by atoms with van der Waals surface area (Å²) in [4.78, 5) is 0.351. The second-order valence-corrected chi connectivity index (χ2v) is 6.62. The number of rotatable bonds is 4. The van der Waals surface area contributed by atoms with Gasteiger partial charge in [0.1, 0.15) is 0 Å². The highest BCUT2D eigenvalue weighted by molar-refractivity contribution is 7.91. The zero-order valence-electron chi connectivity index (χ0n) is 11.0. The van der Waals surface area contributed by atoms with E-state index in [0.29, 0.717) is 22.6 Å². The van der Waals surface area contributed by atoms with Gasteiger partial charge >= 0.3 is 0 Å². The Balaban J connectivity index is 2.21. The van der Waals surface area contributed by atoms with Crippen molar-refractivity contribution in [3.05, 3.63) is 41.7 Å². The lowest BCUT2D eigenvalue weighted by molar-refractivity contribution is 0.593. The SMILES string of the molecule is Cc1cc(N)ccc1S(=O)(=O)CCc1ccnn1C. The molecule has 0 unspecified atom stereocenters. The summed E-state index contributed by atoms with van der Waals surface area (Å²) in [6.07, 6.45) is 2.11. The molecule has 19 heavy (non-hydrogen) atoms. The molecule has 0 aliphatic rings. The number of hydrogen-bond donors (Lipinski definition) is 1. The highest BCUT2D eigenvalue weighted by Gasteiger charge is 2.17. The molecule has 1 heterocycles. The van der Waals surface area contributed by atoms with Crippen LogP contribution in [0.4, 0.5) is 5.69 Å². The van der Waals surface area contributed by atoms with Crippen LogP contribution in [0.25, 0.3) is 0 Å². The maximum Gasteiger partial charge on any atom is 0.179 e. The van der Waals surface area contributed by atoms with Gasteiger partial charge in [-0.2, -0.15) is 5.10 Å². The standard InChI is InChI=1S/C13H17N3O2S/c1-10-9-11(14)3-4-13(10)19(17,18)8-6-12-5-7-15-16(12)2/h3-5,7,9H,6,8,14H2,1-2H3. The Morgan fingerprint density at radius 1 is 1.32 bits per heavy atom. The van der Waals surface area contributed by atoms with Crippen LogP contribution in [0.5, 0.6) is 0 Å². The minimum atomic E-state index is -3.30. The molecule has 0 radical (unpaired) electrons. The fraction of sp³-hybridized carbons (Fsp3) is 0.308. The van der Waals surface area contributed by atoms with Crippen LogP contribution in [0, 0.1) is 6.92 Å². The molecular weight excluding hydrogens is 262 g/mol. The Kier molecular flexibility index (Phi) is 3.61. The fourth-order valence-corrected chi connectivity index (χ4v) is 3.54. The first kappa shape index (κ1) is 13.6. The summed E-state index contributed by atoms with van der Waals surface area (Å²) < 4.78 is 26.3. The molecule has 0 spiro atoms. The van der Waals surface area contributed by atoms with E-state index in [1.807, 2.05) is 6.07 Å². The molecule has 1 aromatic carbocycles. The summed E-state index contributed by atoms with van der Waals surface area (Å²) in [5.74, 6) is 0.0668. The van der Waals surface area contributed by atoms with Gasteiger partial charge in [0.15, 0.2) is 9.84 Å².